The van der Waals surface area contributed by atoms with E-state index in [1.807, 2.05) is 22.7 Å². The van der Waals surface area contributed by atoms with Crippen LogP contribution >= 0.6 is 0 Å². The Morgan fingerprint density at radius 3 is 2.78 bits per heavy atom. The van der Waals surface area contributed by atoms with Crippen molar-refractivity contribution in [3.8, 4) is 0 Å². The number of aryl methyl sites for hydroxylation is 1. The number of aromatic nitrogens is 2. The van der Waals surface area contributed by atoms with Crippen molar-refractivity contribution in [1.82, 2.24) is 19.8 Å². The van der Waals surface area contributed by atoms with Crippen molar-refractivity contribution >= 4 is 11.8 Å². The number of amides is 2. The zero-order valence-electron chi connectivity index (χ0n) is 18.9. The van der Waals surface area contributed by atoms with Crippen LogP contribution in [0.4, 0.5) is 0 Å². The number of nitrogens with one attached hydrogen (secondary N) is 1. The van der Waals surface area contributed by atoms with Gasteiger partial charge in [0.15, 0.2) is 0 Å². The largest absolute Gasteiger partial charge is 0.389 e. The van der Waals surface area contributed by atoms with E-state index in [1.165, 1.54) is 0 Å². The summed E-state index contributed by atoms with van der Waals surface area (Å²) in [5, 5.41) is 13.2. The number of ether oxygens (including phenoxy) is 2. The summed E-state index contributed by atoms with van der Waals surface area (Å²) in [6.07, 6.45) is 9.06. The predicted molar refractivity (Wildman–Crippen MR) is 117 cm³/mol. The molecule has 4 rings (SSSR count). The second kappa shape index (κ2) is 10.8. The van der Waals surface area contributed by atoms with Gasteiger partial charge in [-0.1, -0.05) is 12.8 Å². The summed E-state index contributed by atoms with van der Waals surface area (Å²) >= 11 is 0. The van der Waals surface area contributed by atoms with E-state index in [0.717, 1.165) is 37.8 Å². The first-order valence-electron chi connectivity index (χ1n) is 11.9. The Hall–Kier alpha value is -1.97. The molecular weight excluding hydrogens is 412 g/mol. The van der Waals surface area contributed by atoms with Gasteiger partial charge in [0.1, 0.15) is 6.10 Å². The van der Waals surface area contributed by atoms with Gasteiger partial charge < -0.3 is 29.4 Å². The van der Waals surface area contributed by atoms with E-state index < -0.39 is 6.10 Å². The topological polar surface area (TPSA) is 106 Å². The molecule has 2 saturated heterocycles. The third kappa shape index (κ3) is 5.88. The van der Waals surface area contributed by atoms with Crippen molar-refractivity contribution in [3.05, 3.63) is 18.2 Å². The number of rotatable bonds is 6. The molecule has 9 heteroatoms. The molecule has 1 aromatic heterocycles. The molecule has 1 saturated carbocycles. The highest BCUT2D eigenvalue weighted by Crippen LogP contribution is 2.32. The Morgan fingerprint density at radius 2 is 2.03 bits per heavy atom. The molecule has 1 aromatic rings. The quantitative estimate of drug-likeness (QED) is 0.667. The van der Waals surface area contributed by atoms with Crippen molar-refractivity contribution in [3.63, 3.8) is 0 Å². The Kier molecular flexibility index (Phi) is 7.80. The molecule has 4 atom stereocenters. The van der Waals surface area contributed by atoms with E-state index in [9.17, 15) is 14.7 Å². The average molecular weight is 449 g/mol. The summed E-state index contributed by atoms with van der Waals surface area (Å²) in [5.74, 6) is 0.170. The van der Waals surface area contributed by atoms with E-state index in [0.29, 0.717) is 39.0 Å². The highest BCUT2D eigenvalue weighted by Gasteiger charge is 2.41. The lowest BCUT2D eigenvalue weighted by Gasteiger charge is -2.45. The van der Waals surface area contributed by atoms with Gasteiger partial charge in [-0.05, 0) is 25.7 Å². The highest BCUT2D eigenvalue weighted by atomic mass is 16.5. The fraction of sp³-hybridized carbons (Fsp3) is 0.783. The van der Waals surface area contributed by atoms with E-state index in [4.69, 9.17) is 9.47 Å². The number of carbonyl (C=O) groups excluding carboxylic acids is 2. The van der Waals surface area contributed by atoms with Crippen LogP contribution in [0.25, 0.3) is 0 Å². The molecule has 3 aliphatic rings. The standard InChI is InChI=1S/C23H36N4O5/c1-26-11-17(25-15-26)8-9-24-22(29)10-19-6-7-20-21(32-19)14-31-13-18(28)12-27(20)23(30)16-4-2-3-5-16/h11,15-16,18-21,28H,2-10,12-14H2,1H3,(H,24,29)/t18-,19+,20+,21-/m0/s1. The van der Waals surface area contributed by atoms with Gasteiger partial charge in [0, 0.05) is 38.7 Å². The Labute approximate surface area is 189 Å². The molecule has 178 valence electrons. The Balaban J connectivity index is 1.30. The molecule has 1 aliphatic carbocycles. The van der Waals surface area contributed by atoms with Crippen LogP contribution in [-0.2, 0) is 32.5 Å². The van der Waals surface area contributed by atoms with Gasteiger partial charge in [-0.3, -0.25) is 9.59 Å². The first kappa shape index (κ1) is 23.2. The highest BCUT2D eigenvalue weighted by molar-refractivity contribution is 5.79. The third-order valence-electron chi connectivity index (χ3n) is 6.84. The number of aliphatic hydroxyl groups excluding tert-OH is 1. The SMILES string of the molecule is Cn1cnc(CCNC(=O)C[C@H]2CC[C@@H]3[C@H](COC[C@@H](O)CN3C(=O)C3CCCC3)O2)c1. The maximum absolute atomic E-state index is 13.2. The van der Waals surface area contributed by atoms with Crippen LogP contribution in [0, 0.1) is 5.92 Å². The fourth-order valence-electron chi connectivity index (χ4n) is 5.21. The van der Waals surface area contributed by atoms with Crippen LogP contribution in [0.3, 0.4) is 0 Å². The minimum Gasteiger partial charge on any atom is -0.389 e. The lowest BCUT2D eigenvalue weighted by Crippen LogP contribution is -2.58. The smallest absolute Gasteiger partial charge is 0.226 e. The monoisotopic (exact) mass is 448 g/mol. The van der Waals surface area contributed by atoms with Gasteiger partial charge in [0.05, 0.1) is 49.9 Å². The second-order valence-electron chi connectivity index (χ2n) is 9.44. The minimum absolute atomic E-state index is 0.0366. The van der Waals surface area contributed by atoms with E-state index >= 15 is 0 Å². The first-order valence-corrected chi connectivity index (χ1v) is 11.9. The lowest BCUT2D eigenvalue weighted by molar-refractivity contribution is -0.171. The van der Waals surface area contributed by atoms with Gasteiger partial charge in [0.25, 0.3) is 0 Å². The molecule has 32 heavy (non-hydrogen) atoms. The van der Waals surface area contributed by atoms with Crippen LogP contribution < -0.4 is 5.32 Å². The number of carbonyl (C=O) groups is 2. The third-order valence-corrected chi connectivity index (χ3v) is 6.84. The number of fused-ring (bicyclic) bond motifs is 1. The minimum atomic E-state index is -0.677. The Bertz CT molecular complexity index is 778. The van der Waals surface area contributed by atoms with Crippen molar-refractivity contribution in [2.75, 3.05) is 26.3 Å². The van der Waals surface area contributed by atoms with Gasteiger partial charge in [-0.25, -0.2) is 4.98 Å². The zero-order chi connectivity index (χ0) is 22.5. The molecule has 0 unspecified atom stereocenters. The van der Waals surface area contributed by atoms with Gasteiger partial charge >= 0.3 is 0 Å². The molecule has 2 aliphatic heterocycles. The normalized spacial score (nSPS) is 29.2. The number of aliphatic hydroxyl groups is 1. The fourth-order valence-corrected chi connectivity index (χ4v) is 5.21. The van der Waals surface area contributed by atoms with Crippen molar-refractivity contribution < 1.29 is 24.2 Å². The summed E-state index contributed by atoms with van der Waals surface area (Å²) in [4.78, 5) is 31.8. The maximum atomic E-state index is 13.2. The van der Waals surface area contributed by atoms with Crippen LogP contribution in [0.2, 0.25) is 0 Å². The van der Waals surface area contributed by atoms with Gasteiger partial charge in [0.2, 0.25) is 11.8 Å². The van der Waals surface area contributed by atoms with Gasteiger partial charge in [-0.15, -0.1) is 0 Å². The summed E-state index contributed by atoms with van der Waals surface area (Å²) in [6.45, 7) is 1.35. The predicted octanol–water partition coefficient (Wildman–Crippen LogP) is 0.795. The average Bonchev–Trinajstić information content (AvgIpc) is 3.43. The molecule has 0 aromatic carbocycles. The number of imidazole rings is 1. The maximum Gasteiger partial charge on any atom is 0.226 e. The molecule has 9 nitrogen and oxygen atoms in total. The van der Waals surface area contributed by atoms with Crippen LogP contribution in [-0.4, -0.2) is 82.0 Å². The van der Waals surface area contributed by atoms with Crippen molar-refractivity contribution in [1.29, 1.82) is 0 Å². The molecule has 0 bridgehead atoms. The zero-order valence-corrected chi connectivity index (χ0v) is 18.9. The van der Waals surface area contributed by atoms with Crippen molar-refractivity contribution in [2.45, 2.75) is 75.7 Å². The van der Waals surface area contributed by atoms with Crippen molar-refractivity contribution in [2.24, 2.45) is 13.0 Å². The molecular formula is C23H36N4O5. The number of hydrogen-bond donors (Lipinski definition) is 2. The summed E-state index contributed by atoms with van der Waals surface area (Å²) in [7, 11) is 1.92. The molecule has 3 heterocycles. The van der Waals surface area contributed by atoms with Crippen LogP contribution in [0.1, 0.15) is 50.6 Å². The van der Waals surface area contributed by atoms with Crippen LogP contribution in [0.15, 0.2) is 12.5 Å². The summed E-state index contributed by atoms with van der Waals surface area (Å²) < 4.78 is 13.8. The first-order chi connectivity index (χ1) is 15.5. The summed E-state index contributed by atoms with van der Waals surface area (Å²) in [5.41, 5.74) is 0.949. The number of nitrogens with zero attached hydrogens (tertiary/aromatic N) is 3. The number of hydrogen-bond acceptors (Lipinski definition) is 6. The van der Waals surface area contributed by atoms with Gasteiger partial charge in [-0.2, -0.15) is 0 Å². The molecule has 0 spiro atoms. The van der Waals surface area contributed by atoms with E-state index in [2.05, 4.69) is 10.3 Å². The second-order valence-corrected chi connectivity index (χ2v) is 9.44. The van der Waals surface area contributed by atoms with Crippen LogP contribution in [0.5, 0.6) is 0 Å². The molecule has 2 N–H and O–H groups in total. The van der Waals surface area contributed by atoms with E-state index in [1.54, 1.807) is 6.33 Å². The summed E-state index contributed by atoms with van der Waals surface area (Å²) in [6, 6.07) is -0.110. The molecule has 0 radical (unpaired) electrons. The lowest BCUT2D eigenvalue weighted by atomic mass is 9.93. The van der Waals surface area contributed by atoms with E-state index in [-0.39, 0.29) is 42.6 Å². The molecule has 3 fully saturated rings. The molecule has 2 amide bonds. The number of β-amino-alcohol motifs (C(OH)–C–C–N with tert-alkyl or cyclic N) is 1. The Morgan fingerprint density at radius 1 is 1.22 bits per heavy atom.